The lowest BCUT2D eigenvalue weighted by molar-refractivity contribution is 0.0985. The minimum atomic E-state index is -4.67. The number of rotatable bonds is 0. The summed E-state index contributed by atoms with van der Waals surface area (Å²) in [5.41, 5.74) is 0.220. The maximum atomic E-state index is 11.1. The van der Waals surface area contributed by atoms with E-state index >= 15 is 0 Å². The summed E-state index contributed by atoms with van der Waals surface area (Å²) in [5, 5.41) is 0. The second kappa shape index (κ2) is 9.98. The molecule has 1 heterocycles. The largest absolute Gasteiger partial charge is 0.394 e. The summed E-state index contributed by atoms with van der Waals surface area (Å²) in [6.45, 7) is 0. The number of fused-ring (bicyclic) bond motifs is 1. The Kier molecular flexibility index (Phi) is 10.1. The third kappa shape index (κ3) is 20.4. The Hall–Kier alpha value is -1.75. The highest BCUT2D eigenvalue weighted by atomic mass is 32.3. The average Bonchev–Trinajstić information content (AvgIpc) is 2.54. The molecule has 2 rings (SSSR count). The maximum Gasteiger partial charge on any atom is 0.394 e. The minimum Gasteiger partial charge on any atom is -0.268 e. The molecule has 7 N–H and O–H groups in total. The topological polar surface area (TPSA) is 287 Å². The van der Waals surface area contributed by atoms with Crippen molar-refractivity contribution in [3.8, 4) is 0 Å². The van der Waals surface area contributed by atoms with E-state index in [1.807, 2.05) is 4.72 Å². The van der Waals surface area contributed by atoms with E-state index in [9.17, 15) is 13.2 Å². The van der Waals surface area contributed by atoms with Gasteiger partial charge in [-0.1, -0.05) is 12.1 Å². The van der Waals surface area contributed by atoms with Crippen LogP contribution in [-0.4, -0.2) is 66.9 Å². The van der Waals surface area contributed by atoms with E-state index in [2.05, 4.69) is 0 Å². The quantitative estimate of drug-likeness (QED) is 0.202. The molecule has 16 nitrogen and oxygen atoms in total. The summed E-state index contributed by atoms with van der Waals surface area (Å²) in [7, 11) is -17.6. The summed E-state index contributed by atoms with van der Waals surface area (Å²) in [6.07, 6.45) is 0. The van der Waals surface area contributed by atoms with E-state index in [4.69, 9.17) is 52.6 Å². The zero-order chi connectivity index (χ0) is 22.3. The Morgan fingerprint density at radius 1 is 0.704 bits per heavy atom. The number of nitrogens with one attached hydrogen (secondary N) is 1. The third-order valence-corrected chi connectivity index (χ3v) is 3.04. The van der Waals surface area contributed by atoms with Crippen molar-refractivity contribution in [3.63, 3.8) is 0 Å². The lowest BCUT2D eigenvalue weighted by atomic mass is 10.2. The van der Waals surface area contributed by atoms with Crippen LogP contribution in [0.25, 0.3) is 0 Å². The summed E-state index contributed by atoms with van der Waals surface area (Å²) in [4.78, 5) is 11.1. The number of carbonyl (C=O) groups excluding carboxylic acids is 1. The molecule has 0 spiro atoms. The fraction of sp³-hybridized carbons (Fsp3) is 0. The van der Waals surface area contributed by atoms with Crippen LogP contribution in [0.1, 0.15) is 10.4 Å². The van der Waals surface area contributed by atoms with Crippen molar-refractivity contribution in [2.75, 3.05) is 0 Å². The standard InChI is InChI=1S/C7H5NO3S.3H2O4S/c9-7-5-3-1-2-4-6(5)12(10,11)8-7;3*1-5(2,3)4/h1-4H,(H,8,9);3*(H2,1,2,3,4). The van der Waals surface area contributed by atoms with Gasteiger partial charge in [-0.05, 0) is 12.1 Å². The molecule has 0 radical (unpaired) electrons. The normalized spacial score (nSPS) is 14.7. The van der Waals surface area contributed by atoms with E-state index in [0.29, 0.717) is 0 Å². The van der Waals surface area contributed by atoms with Gasteiger partial charge < -0.3 is 0 Å². The summed E-state index contributed by atoms with van der Waals surface area (Å²) in [5.74, 6) is -0.550. The van der Waals surface area contributed by atoms with E-state index in [1.165, 1.54) is 12.1 Å². The molecule has 0 atom stereocenters. The smallest absolute Gasteiger partial charge is 0.268 e. The molecule has 0 bridgehead atoms. The Balaban J connectivity index is 0. The van der Waals surface area contributed by atoms with Gasteiger partial charge in [0.1, 0.15) is 4.90 Å². The Bertz CT molecular complexity index is 971. The van der Waals surface area contributed by atoms with Crippen molar-refractivity contribution in [2.45, 2.75) is 4.90 Å². The second-order valence-electron chi connectivity index (χ2n) is 3.77. The Morgan fingerprint density at radius 2 is 1.00 bits per heavy atom. The van der Waals surface area contributed by atoms with Crippen LogP contribution in [0.3, 0.4) is 0 Å². The zero-order valence-corrected chi connectivity index (χ0v) is 15.6. The predicted molar refractivity (Wildman–Crippen MR) is 83.6 cm³/mol. The second-order valence-corrected chi connectivity index (χ2v) is 8.11. The number of hydrogen-bond acceptors (Lipinski definition) is 9. The molecular weight excluding hydrogens is 466 g/mol. The molecule has 0 unspecified atom stereocenters. The zero-order valence-electron chi connectivity index (χ0n) is 12.3. The van der Waals surface area contributed by atoms with Crippen LogP contribution in [0.5, 0.6) is 0 Å². The van der Waals surface area contributed by atoms with Crippen LogP contribution in [0.15, 0.2) is 29.2 Å². The first-order chi connectivity index (χ1) is 11.6. The monoisotopic (exact) mass is 477 g/mol. The molecule has 1 aromatic rings. The number of sulfonamides is 1. The summed E-state index contributed by atoms with van der Waals surface area (Å²) >= 11 is 0. The van der Waals surface area contributed by atoms with Gasteiger partial charge in [0.15, 0.2) is 0 Å². The van der Waals surface area contributed by atoms with Gasteiger partial charge in [0, 0.05) is 0 Å². The molecule has 1 aliphatic rings. The lowest BCUT2D eigenvalue weighted by Gasteiger charge is -1.91. The third-order valence-electron chi connectivity index (χ3n) is 1.65. The van der Waals surface area contributed by atoms with Gasteiger partial charge in [-0.2, -0.15) is 25.3 Å². The van der Waals surface area contributed by atoms with E-state index in [1.54, 1.807) is 12.1 Å². The van der Waals surface area contributed by atoms with Crippen LogP contribution in [0.4, 0.5) is 0 Å². The minimum absolute atomic E-state index is 0.0648. The van der Waals surface area contributed by atoms with Gasteiger partial charge in [0.05, 0.1) is 5.56 Å². The van der Waals surface area contributed by atoms with Crippen molar-refractivity contribution >= 4 is 47.1 Å². The Labute approximate surface area is 152 Å². The van der Waals surface area contributed by atoms with Gasteiger partial charge in [0.2, 0.25) is 0 Å². The molecule has 0 fully saturated rings. The Morgan fingerprint density at radius 3 is 1.30 bits per heavy atom. The van der Waals surface area contributed by atoms with Crippen molar-refractivity contribution in [2.24, 2.45) is 0 Å². The molecule has 0 aromatic heterocycles. The van der Waals surface area contributed by atoms with Crippen LogP contribution >= 0.6 is 0 Å². The number of benzene rings is 1. The van der Waals surface area contributed by atoms with Crippen LogP contribution in [-0.2, 0) is 41.2 Å². The molecule has 0 aliphatic carbocycles. The van der Waals surface area contributed by atoms with Crippen LogP contribution in [0, 0.1) is 0 Å². The first kappa shape index (κ1) is 27.5. The highest BCUT2D eigenvalue weighted by Crippen LogP contribution is 2.20. The first-order valence-electron chi connectivity index (χ1n) is 5.37. The van der Waals surface area contributed by atoms with Gasteiger partial charge >= 0.3 is 31.2 Å². The summed E-state index contributed by atoms with van der Waals surface area (Å²) in [6, 6.07) is 6.09. The SMILES string of the molecule is O=C1NS(=O)(=O)c2ccccc21.O=S(=O)(O)O.O=S(=O)(O)O.O=S(=O)(O)O. The lowest BCUT2D eigenvalue weighted by Crippen LogP contribution is -2.20. The van der Waals surface area contributed by atoms with Crippen molar-refractivity contribution < 1.29 is 65.8 Å². The molecule has 1 amide bonds. The van der Waals surface area contributed by atoms with Crippen LogP contribution < -0.4 is 4.72 Å². The average molecular weight is 477 g/mol. The van der Waals surface area contributed by atoms with E-state index in [0.717, 1.165) is 0 Å². The number of carbonyl (C=O) groups is 1. The fourth-order valence-corrected chi connectivity index (χ4v) is 2.29. The van der Waals surface area contributed by atoms with Gasteiger partial charge in [0.25, 0.3) is 15.9 Å². The first-order valence-corrected chi connectivity index (χ1v) is 11.0. The molecule has 1 aliphatic heterocycles. The van der Waals surface area contributed by atoms with Crippen molar-refractivity contribution in [1.29, 1.82) is 0 Å². The van der Waals surface area contributed by atoms with Crippen LogP contribution in [0.2, 0.25) is 0 Å². The summed E-state index contributed by atoms with van der Waals surface area (Å²) < 4.78 is 119. The predicted octanol–water partition coefficient (Wildman–Crippen LogP) is -1.84. The number of amides is 1. The van der Waals surface area contributed by atoms with E-state index in [-0.39, 0.29) is 10.5 Å². The van der Waals surface area contributed by atoms with Crippen molar-refractivity contribution in [3.05, 3.63) is 29.8 Å². The maximum absolute atomic E-state index is 11.1. The molecule has 27 heavy (non-hydrogen) atoms. The molecule has 158 valence electrons. The van der Waals surface area contributed by atoms with Gasteiger partial charge in [-0.15, -0.1) is 0 Å². The molecule has 0 saturated heterocycles. The molecule has 0 saturated carbocycles. The van der Waals surface area contributed by atoms with E-state index < -0.39 is 47.1 Å². The fourth-order valence-electron chi connectivity index (χ4n) is 1.12. The highest BCUT2D eigenvalue weighted by molar-refractivity contribution is 7.90. The highest BCUT2D eigenvalue weighted by Gasteiger charge is 2.31. The van der Waals surface area contributed by atoms with Crippen molar-refractivity contribution in [1.82, 2.24) is 4.72 Å². The van der Waals surface area contributed by atoms with Gasteiger partial charge in [-0.25, -0.2) is 13.1 Å². The van der Waals surface area contributed by atoms with Gasteiger partial charge in [-0.3, -0.25) is 32.1 Å². The molecule has 1 aromatic carbocycles. The molecule has 20 heteroatoms. The molecular formula is C7H11NO15S4. The number of hydrogen-bond donors (Lipinski definition) is 7.